The van der Waals surface area contributed by atoms with Crippen molar-refractivity contribution in [2.24, 2.45) is 0 Å². The van der Waals surface area contributed by atoms with E-state index in [2.05, 4.69) is 20.8 Å². The average molecular weight is 368 g/mol. The number of rotatable bonds is 7. The molecular weight excluding hydrogens is 348 g/mol. The second-order valence-electron chi connectivity index (χ2n) is 5.89. The number of nitrogens with one attached hydrogen (secondary N) is 3. The van der Waals surface area contributed by atoms with Gasteiger partial charge in [0.05, 0.1) is 17.0 Å². The number of aromatic amines is 1. The number of aromatic nitrogens is 2. The van der Waals surface area contributed by atoms with Crippen molar-refractivity contribution in [3.63, 3.8) is 0 Å². The molecule has 0 saturated heterocycles. The Labute approximate surface area is 155 Å². The highest BCUT2D eigenvalue weighted by Crippen LogP contribution is 2.27. The standard InChI is InChI=1S/C19H20N4O2S/c1-13-7-8-16(26-13)15-12-17(23-22-15)21-18(24)9-10-20-19(25)11-14-5-3-2-4-6-14/h2-8,12H,9-11H2,1H3,(H,20,25)(H2,21,22,23,24). The largest absolute Gasteiger partial charge is 0.355 e. The van der Waals surface area contributed by atoms with Crippen molar-refractivity contribution in [3.05, 3.63) is 59.0 Å². The van der Waals surface area contributed by atoms with Crippen molar-refractivity contribution in [3.8, 4) is 10.6 Å². The molecule has 3 rings (SSSR count). The molecule has 0 aliphatic carbocycles. The van der Waals surface area contributed by atoms with Crippen LogP contribution in [0.15, 0.2) is 48.5 Å². The quantitative estimate of drug-likeness (QED) is 0.599. The van der Waals surface area contributed by atoms with Gasteiger partial charge in [-0.15, -0.1) is 11.3 Å². The fourth-order valence-electron chi connectivity index (χ4n) is 2.46. The molecule has 0 fully saturated rings. The van der Waals surface area contributed by atoms with Crippen LogP contribution in [0.3, 0.4) is 0 Å². The molecule has 7 heteroatoms. The van der Waals surface area contributed by atoms with E-state index in [1.54, 1.807) is 17.4 Å². The number of nitrogens with zero attached hydrogens (tertiary/aromatic N) is 1. The summed E-state index contributed by atoms with van der Waals surface area (Å²) in [6.07, 6.45) is 0.506. The third-order valence-corrected chi connectivity index (χ3v) is 4.77. The Hall–Kier alpha value is -2.93. The highest BCUT2D eigenvalue weighted by molar-refractivity contribution is 7.15. The molecule has 2 aromatic heterocycles. The average Bonchev–Trinajstić information content (AvgIpc) is 3.24. The third kappa shape index (κ3) is 5.03. The van der Waals surface area contributed by atoms with Crippen LogP contribution in [0.4, 0.5) is 5.82 Å². The molecule has 0 atom stereocenters. The zero-order chi connectivity index (χ0) is 18.4. The zero-order valence-electron chi connectivity index (χ0n) is 14.4. The molecule has 0 saturated carbocycles. The molecule has 0 radical (unpaired) electrons. The van der Waals surface area contributed by atoms with Gasteiger partial charge in [-0.3, -0.25) is 14.7 Å². The van der Waals surface area contributed by atoms with Gasteiger partial charge in [-0.25, -0.2) is 0 Å². The van der Waals surface area contributed by atoms with Crippen molar-refractivity contribution in [1.29, 1.82) is 0 Å². The van der Waals surface area contributed by atoms with Gasteiger partial charge in [-0.1, -0.05) is 30.3 Å². The van der Waals surface area contributed by atoms with Crippen LogP contribution in [0, 0.1) is 6.92 Å². The van der Waals surface area contributed by atoms with E-state index in [-0.39, 0.29) is 18.2 Å². The Morgan fingerprint density at radius 2 is 1.92 bits per heavy atom. The maximum absolute atomic E-state index is 12.0. The molecule has 0 aliphatic heterocycles. The molecule has 0 unspecified atom stereocenters. The van der Waals surface area contributed by atoms with Crippen LogP contribution in [0.5, 0.6) is 0 Å². The lowest BCUT2D eigenvalue weighted by molar-refractivity contribution is -0.120. The minimum atomic E-state index is -0.189. The normalized spacial score (nSPS) is 10.5. The molecule has 0 aliphatic rings. The number of amides is 2. The summed E-state index contributed by atoms with van der Waals surface area (Å²) in [4.78, 5) is 26.1. The first-order chi connectivity index (χ1) is 12.6. The smallest absolute Gasteiger partial charge is 0.227 e. The van der Waals surface area contributed by atoms with Gasteiger partial charge in [0.1, 0.15) is 0 Å². The zero-order valence-corrected chi connectivity index (χ0v) is 15.2. The van der Waals surface area contributed by atoms with Crippen LogP contribution in [0.25, 0.3) is 10.6 Å². The lowest BCUT2D eigenvalue weighted by atomic mass is 10.1. The second-order valence-corrected chi connectivity index (χ2v) is 7.18. The molecule has 26 heavy (non-hydrogen) atoms. The molecular formula is C19H20N4O2S. The van der Waals surface area contributed by atoms with Gasteiger partial charge < -0.3 is 10.6 Å². The van der Waals surface area contributed by atoms with E-state index in [0.29, 0.717) is 18.8 Å². The van der Waals surface area contributed by atoms with E-state index in [1.807, 2.05) is 49.4 Å². The number of benzene rings is 1. The topological polar surface area (TPSA) is 86.9 Å². The first kappa shape index (κ1) is 17.9. The Bertz CT molecular complexity index is 886. The first-order valence-corrected chi connectivity index (χ1v) is 9.14. The lowest BCUT2D eigenvalue weighted by Gasteiger charge is -2.05. The number of thiophene rings is 1. The summed E-state index contributed by atoms with van der Waals surface area (Å²) in [7, 11) is 0. The SMILES string of the molecule is Cc1ccc(-c2cc(NC(=O)CCNC(=O)Cc3ccccc3)n[nH]2)s1. The predicted octanol–water partition coefficient (Wildman–Crippen LogP) is 3.13. The van der Waals surface area contributed by atoms with Crippen LogP contribution < -0.4 is 10.6 Å². The summed E-state index contributed by atoms with van der Waals surface area (Å²) in [5.41, 5.74) is 1.82. The van der Waals surface area contributed by atoms with Crippen molar-refractivity contribution in [1.82, 2.24) is 15.5 Å². The first-order valence-electron chi connectivity index (χ1n) is 8.33. The van der Waals surface area contributed by atoms with Crippen molar-refractivity contribution in [2.45, 2.75) is 19.8 Å². The van der Waals surface area contributed by atoms with Gasteiger partial charge in [0.2, 0.25) is 11.8 Å². The molecule has 134 valence electrons. The van der Waals surface area contributed by atoms with E-state index in [4.69, 9.17) is 0 Å². The van der Waals surface area contributed by atoms with E-state index in [9.17, 15) is 9.59 Å². The van der Waals surface area contributed by atoms with Crippen LogP contribution in [-0.4, -0.2) is 28.6 Å². The maximum atomic E-state index is 12.0. The number of H-pyrrole nitrogens is 1. The fraction of sp³-hybridized carbons (Fsp3) is 0.211. The summed E-state index contributed by atoms with van der Waals surface area (Å²) in [5.74, 6) is 0.191. The van der Waals surface area contributed by atoms with Gasteiger partial charge in [-0.05, 0) is 24.6 Å². The highest BCUT2D eigenvalue weighted by Gasteiger charge is 2.09. The van der Waals surface area contributed by atoms with Crippen molar-refractivity contribution >= 4 is 29.0 Å². The number of carbonyl (C=O) groups excluding carboxylic acids is 2. The van der Waals surface area contributed by atoms with Gasteiger partial charge in [0.25, 0.3) is 0 Å². The predicted molar refractivity (Wildman–Crippen MR) is 103 cm³/mol. The second kappa shape index (κ2) is 8.44. The summed E-state index contributed by atoms with van der Waals surface area (Å²) < 4.78 is 0. The fourth-order valence-corrected chi connectivity index (χ4v) is 3.29. The highest BCUT2D eigenvalue weighted by atomic mass is 32.1. The monoisotopic (exact) mass is 368 g/mol. The molecule has 0 spiro atoms. The van der Waals surface area contributed by atoms with E-state index in [0.717, 1.165) is 16.1 Å². The summed E-state index contributed by atoms with van der Waals surface area (Å²) in [6.45, 7) is 2.33. The number of anilines is 1. The number of aryl methyl sites for hydroxylation is 1. The Balaban J connectivity index is 1.42. The van der Waals surface area contributed by atoms with Gasteiger partial charge in [-0.2, -0.15) is 5.10 Å². The minimum Gasteiger partial charge on any atom is -0.355 e. The van der Waals surface area contributed by atoms with Crippen molar-refractivity contribution < 1.29 is 9.59 Å². The Morgan fingerprint density at radius 1 is 1.12 bits per heavy atom. The summed E-state index contributed by atoms with van der Waals surface area (Å²) >= 11 is 1.66. The lowest BCUT2D eigenvalue weighted by Crippen LogP contribution is -2.28. The van der Waals surface area contributed by atoms with Gasteiger partial charge in [0, 0.05) is 23.9 Å². The summed E-state index contributed by atoms with van der Waals surface area (Å²) in [5, 5.41) is 12.5. The molecule has 3 aromatic rings. The van der Waals surface area contributed by atoms with Crippen molar-refractivity contribution in [2.75, 3.05) is 11.9 Å². The van der Waals surface area contributed by atoms with Gasteiger partial charge >= 0.3 is 0 Å². The number of carbonyl (C=O) groups is 2. The van der Waals surface area contributed by atoms with E-state index < -0.39 is 0 Å². The van der Waals surface area contributed by atoms with E-state index in [1.165, 1.54) is 4.88 Å². The number of hydrogen-bond donors (Lipinski definition) is 3. The maximum Gasteiger partial charge on any atom is 0.227 e. The minimum absolute atomic E-state index is 0.0980. The molecule has 3 N–H and O–H groups in total. The van der Waals surface area contributed by atoms with Crippen LogP contribution in [0.2, 0.25) is 0 Å². The van der Waals surface area contributed by atoms with E-state index >= 15 is 0 Å². The molecule has 2 amide bonds. The Kier molecular flexibility index (Phi) is 5.80. The van der Waals surface area contributed by atoms with Crippen LogP contribution in [-0.2, 0) is 16.0 Å². The summed E-state index contributed by atoms with van der Waals surface area (Å²) in [6, 6.07) is 15.4. The molecule has 1 aromatic carbocycles. The molecule has 0 bridgehead atoms. The third-order valence-electron chi connectivity index (χ3n) is 3.73. The van der Waals surface area contributed by atoms with Crippen LogP contribution >= 0.6 is 11.3 Å². The van der Waals surface area contributed by atoms with Crippen LogP contribution in [0.1, 0.15) is 16.9 Å². The molecule has 6 nitrogen and oxygen atoms in total. The molecule has 2 heterocycles. The Morgan fingerprint density at radius 3 is 2.65 bits per heavy atom. The number of hydrogen-bond acceptors (Lipinski definition) is 4. The van der Waals surface area contributed by atoms with Gasteiger partial charge in [0.15, 0.2) is 5.82 Å².